The normalized spacial score (nSPS) is 11.8. The number of rotatable bonds is 5. The van der Waals surface area contributed by atoms with E-state index in [0.717, 1.165) is 12.7 Å². The molecule has 0 aliphatic heterocycles. The predicted molar refractivity (Wildman–Crippen MR) is 68.9 cm³/mol. The predicted octanol–water partition coefficient (Wildman–Crippen LogP) is 2.10. The Balaban J connectivity index is 2.77. The second-order valence-corrected chi connectivity index (χ2v) is 6.52. The third-order valence-corrected chi connectivity index (χ3v) is 3.47. The number of anilines is 1. The number of hydrogen-bond acceptors (Lipinski definition) is 4. The summed E-state index contributed by atoms with van der Waals surface area (Å²) >= 11 is 0. The van der Waals surface area contributed by atoms with Crippen LogP contribution in [0.2, 0.25) is 0 Å². The van der Waals surface area contributed by atoms with Crippen molar-refractivity contribution in [3.63, 3.8) is 0 Å². The molecule has 0 spiro atoms. The maximum Gasteiger partial charge on any atom is 0.175 e. The van der Waals surface area contributed by atoms with Gasteiger partial charge in [0.1, 0.15) is 5.75 Å². The maximum absolute atomic E-state index is 11.3. The van der Waals surface area contributed by atoms with E-state index >= 15 is 0 Å². The lowest BCUT2D eigenvalue weighted by atomic mass is 10.1. The van der Waals surface area contributed by atoms with Gasteiger partial charge in [-0.3, -0.25) is 0 Å². The Morgan fingerprint density at radius 2 is 2.00 bits per heavy atom. The molecule has 2 N–H and O–H groups in total. The largest absolute Gasteiger partial charge is 0.491 e. The zero-order chi connectivity index (χ0) is 13.1. The van der Waals surface area contributed by atoms with E-state index in [1.807, 2.05) is 0 Å². The molecule has 17 heavy (non-hydrogen) atoms. The first-order valence-electron chi connectivity index (χ1n) is 5.53. The van der Waals surface area contributed by atoms with Gasteiger partial charge in [0, 0.05) is 6.26 Å². The highest BCUT2D eigenvalue weighted by atomic mass is 32.2. The molecule has 0 unspecified atom stereocenters. The standard InChI is InChI=1S/C12H19NO3S/c1-9(2)6-7-16-12-5-4-10(8-11(12)13)17(3,14)15/h4-5,8-9H,6-7,13H2,1-3H3. The van der Waals surface area contributed by atoms with Crippen LogP contribution in [0.15, 0.2) is 23.1 Å². The van der Waals surface area contributed by atoms with Gasteiger partial charge in [0.25, 0.3) is 0 Å². The summed E-state index contributed by atoms with van der Waals surface area (Å²) in [7, 11) is -3.21. The number of hydrogen-bond donors (Lipinski definition) is 1. The van der Waals surface area contributed by atoms with Gasteiger partial charge in [-0.05, 0) is 30.5 Å². The minimum Gasteiger partial charge on any atom is -0.491 e. The zero-order valence-corrected chi connectivity index (χ0v) is 11.3. The lowest BCUT2D eigenvalue weighted by Crippen LogP contribution is -2.04. The molecule has 0 fully saturated rings. The van der Waals surface area contributed by atoms with Gasteiger partial charge in [-0.2, -0.15) is 0 Å². The van der Waals surface area contributed by atoms with Crippen molar-refractivity contribution < 1.29 is 13.2 Å². The Morgan fingerprint density at radius 3 is 2.47 bits per heavy atom. The van der Waals surface area contributed by atoms with Crippen LogP contribution in [0.4, 0.5) is 5.69 Å². The molecule has 0 bridgehead atoms. The smallest absolute Gasteiger partial charge is 0.175 e. The van der Waals surface area contributed by atoms with E-state index in [1.54, 1.807) is 6.07 Å². The van der Waals surface area contributed by atoms with Crippen molar-refractivity contribution in [2.75, 3.05) is 18.6 Å². The molecular formula is C12H19NO3S. The molecule has 0 aromatic heterocycles. The van der Waals surface area contributed by atoms with Crippen LogP contribution in [0.1, 0.15) is 20.3 Å². The fourth-order valence-electron chi connectivity index (χ4n) is 1.29. The Morgan fingerprint density at radius 1 is 1.35 bits per heavy atom. The molecule has 0 aliphatic rings. The number of nitrogen functional groups attached to an aromatic ring is 1. The third-order valence-electron chi connectivity index (χ3n) is 2.36. The summed E-state index contributed by atoms with van der Waals surface area (Å²) in [6.07, 6.45) is 2.09. The van der Waals surface area contributed by atoms with E-state index in [2.05, 4.69) is 13.8 Å². The molecule has 0 radical (unpaired) electrons. The van der Waals surface area contributed by atoms with Crippen molar-refractivity contribution in [2.45, 2.75) is 25.2 Å². The van der Waals surface area contributed by atoms with Gasteiger partial charge in [0.2, 0.25) is 0 Å². The van der Waals surface area contributed by atoms with E-state index < -0.39 is 9.84 Å². The molecular weight excluding hydrogens is 238 g/mol. The Kier molecular flexibility index (Phi) is 4.40. The summed E-state index contributed by atoms with van der Waals surface area (Å²) in [5.74, 6) is 1.10. The first-order chi connectivity index (χ1) is 7.80. The molecule has 0 atom stereocenters. The van der Waals surface area contributed by atoms with Gasteiger partial charge in [0.05, 0.1) is 17.2 Å². The van der Waals surface area contributed by atoms with Crippen LogP contribution < -0.4 is 10.5 Å². The van der Waals surface area contributed by atoms with E-state index in [-0.39, 0.29) is 4.90 Å². The lowest BCUT2D eigenvalue weighted by molar-refractivity contribution is 0.291. The quantitative estimate of drug-likeness (QED) is 0.820. The third kappa shape index (κ3) is 4.26. The highest BCUT2D eigenvalue weighted by Gasteiger charge is 2.10. The molecule has 0 saturated carbocycles. The summed E-state index contributed by atoms with van der Waals surface area (Å²) < 4.78 is 28.1. The maximum atomic E-state index is 11.3. The topological polar surface area (TPSA) is 69.4 Å². The molecule has 4 nitrogen and oxygen atoms in total. The van der Waals surface area contributed by atoms with Gasteiger partial charge < -0.3 is 10.5 Å². The van der Waals surface area contributed by atoms with E-state index in [1.165, 1.54) is 12.1 Å². The van der Waals surface area contributed by atoms with Gasteiger partial charge in [-0.25, -0.2) is 8.42 Å². The summed E-state index contributed by atoms with van der Waals surface area (Å²) in [6.45, 7) is 4.80. The molecule has 1 aromatic rings. The fraction of sp³-hybridized carbons (Fsp3) is 0.500. The van der Waals surface area contributed by atoms with Crippen LogP contribution in [0.25, 0.3) is 0 Å². The van der Waals surface area contributed by atoms with Gasteiger partial charge in [-0.1, -0.05) is 13.8 Å². The molecule has 0 aliphatic carbocycles. The highest BCUT2D eigenvalue weighted by Crippen LogP contribution is 2.25. The average molecular weight is 257 g/mol. The van der Waals surface area contributed by atoms with Crippen LogP contribution >= 0.6 is 0 Å². The van der Waals surface area contributed by atoms with Gasteiger partial charge in [0.15, 0.2) is 9.84 Å². The van der Waals surface area contributed by atoms with Crippen molar-refractivity contribution >= 4 is 15.5 Å². The van der Waals surface area contributed by atoms with Crippen molar-refractivity contribution in [1.29, 1.82) is 0 Å². The second-order valence-electron chi connectivity index (χ2n) is 4.50. The summed E-state index contributed by atoms with van der Waals surface area (Å²) in [5, 5.41) is 0. The van der Waals surface area contributed by atoms with Crippen molar-refractivity contribution in [1.82, 2.24) is 0 Å². The van der Waals surface area contributed by atoms with Crippen molar-refractivity contribution in [3.05, 3.63) is 18.2 Å². The summed E-state index contributed by atoms with van der Waals surface area (Å²) in [4.78, 5) is 0.214. The summed E-state index contributed by atoms with van der Waals surface area (Å²) in [6, 6.07) is 4.54. The SMILES string of the molecule is CC(C)CCOc1ccc(S(C)(=O)=O)cc1N. The first kappa shape index (κ1) is 13.8. The van der Waals surface area contributed by atoms with Crippen molar-refractivity contribution in [2.24, 2.45) is 5.92 Å². The second kappa shape index (κ2) is 5.40. The van der Waals surface area contributed by atoms with Gasteiger partial charge >= 0.3 is 0 Å². The van der Waals surface area contributed by atoms with Crippen LogP contribution in [0.5, 0.6) is 5.75 Å². The summed E-state index contributed by atoms with van der Waals surface area (Å²) in [5.41, 5.74) is 6.10. The van der Waals surface area contributed by atoms with E-state index in [4.69, 9.17) is 10.5 Å². The number of nitrogens with two attached hydrogens (primary N) is 1. The minimum absolute atomic E-state index is 0.214. The van der Waals surface area contributed by atoms with E-state index in [0.29, 0.717) is 24.0 Å². The minimum atomic E-state index is -3.21. The lowest BCUT2D eigenvalue weighted by Gasteiger charge is -2.11. The molecule has 0 amide bonds. The molecule has 0 heterocycles. The first-order valence-corrected chi connectivity index (χ1v) is 7.42. The van der Waals surface area contributed by atoms with Gasteiger partial charge in [-0.15, -0.1) is 0 Å². The number of benzene rings is 1. The Bertz CT molecular complexity index is 481. The van der Waals surface area contributed by atoms with Crippen LogP contribution in [-0.2, 0) is 9.84 Å². The van der Waals surface area contributed by atoms with Crippen LogP contribution in [-0.4, -0.2) is 21.3 Å². The van der Waals surface area contributed by atoms with E-state index in [9.17, 15) is 8.42 Å². The zero-order valence-electron chi connectivity index (χ0n) is 10.4. The number of sulfone groups is 1. The van der Waals surface area contributed by atoms with Crippen LogP contribution in [0, 0.1) is 5.92 Å². The highest BCUT2D eigenvalue weighted by molar-refractivity contribution is 7.90. The molecule has 5 heteroatoms. The monoisotopic (exact) mass is 257 g/mol. The molecule has 1 rings (SSSR count). The molecule has 0 saturated heterocycles. The molecule has 1 aromatic carbocycles. The van der Waals surface area contributed by atoms with Crippen molar-refractivity contribution in [3.8, 4) is 5.75 Å². The van der Waals surface area contributed by atoms with Crippen LogP contribution in [0.3, 0.4) is 0 Å². The Hall–Kier alpha value is -1.23. The fourth-order valence-corrected chi connectivity index (χ4v) is 1.95. The molecule has 96 valence electrons. The Labute approximate surface area is 103 Å². The number of ether oxygens (including phenoxy) is 1. The average Bonchev–Trinajstić information content (AvgIpc) is 2.18.